The monoisotopic (exact) mass is 342 g/mol. The summed E-state index contributed by atoms with van der Waals surface area (Å²) in [4.78, 5) is 35.3. The van der Waals surface area contributed by atoms with Crippen LogP contribution in [0.25, 0.3) is 0 Å². The molecule has 0 aromatic rings. The predicted octanol–water partition coefficient (Wildman–Crippen LogP) is 2.89. The van der Waals surface area contributed by atoms with Gasteiger partial charge in [-0.2, -0.15) is 0 Å². The minimum atomic E-state index is -0.660. The summed E-state index contributed by atoms with van der Waals surface area (Å²) < 4.78 is 10.9. The first-order valence-corrected chi connectivity index (χ1v) is 8.63. The standard InChI is InChI=1S/C18H30O6/c1-17(2,3)9-21-15(19)11-7-8-12-14(24-23-12)13(11)16(20)22-10-18(4,5)6/h11-14H,7-10H2,1-6H3. The van der Waals surface area contributed by atoms with E-state index in [0.717, 1.165) is 0 Å². The average molecular weight is 342 g/mol. The summed E-state index contributed by atoms with van der Waals surface area (Å²) in [6.07, 6.45) is 0.675. The molecule has 0 bridgehead atoms. The van der Waals surface area contributed by atoms with Gasteiger partial charge < -0.3 is 9.47 Å². The van der Waals surface area contributed by atoms with E-state index in [1.807, 2.05) is 41.5 Å². The van der Waals surface area contributed by atoms with Crippen molar-refractivity contribution in [1.82, 2.24) is 0 Å². The van der Waals surface area contributed by atoms with Gasteiger partial charge >= 0.3 is 11.9 Å². The Labute approximate surface area is 144 Å². The Morgan fingerprint density at radius 2 is 1.42 bits per heavy atom. The Morgan fingerprint density at radius 3 is 1.88 bits per heavy atom. The Bertz CT molecular complexity index is 473. The van der Waals surface area contributed by atoms with Crippen LogP contribution < -0.4 is 0 Å². The summed E-state index contributed by atoms with van der Waals surface area (Å²) in [5, 5.41) is 0. The van der Waals surface area contributed by atoms with Crippen molar-refractivity contribution in [3.63, 3.8) is 0 Å². The Hall–Kier alpha value is -1.14. The van der Waals surface area contributed by atoms with Crippen LogP contribution in [0.3, 0.4) is 0 Å². The highest BCUT2D eigenvalue weighted by Gasteiger charge is 2.54. The molecule has 0 radical (unpaired) electrons. The molecule has 2 rings (SSSR count). The molecule has 4 atom stereocenters. The maximum atomic E-state index is 12.6. The van der Waals surface area contributed by atoms with Crippen molar-refractivity contribution in [2.45, 2.75) is 66.6 Å². The number of carbonyl (C=O) groups is 2. The van der Waals surface area contributed by atoms with Gasteiger partial charge in [0.05, 0.1) is 19.1 Å². The molecule has 1 saturated heterocycles. The number of hydrogen-bond donors (Lipinski definition) is 0. The summed E-state index contributed by atoms with van der Waals surface area (Å²) >= 11 is 0. The summed E-state index contributed by atoms with van der Waals surface area (Å²) in [5.41, 5.74) is -0.256. The first-order chi connectivity index (χ1) is 11.0. The van der Waals surface area contributed by atoms with Crippen LogP contribution in [-0.4, -0.2) is 37.4 Å². The fourth-order valence-corrected chi connectivity index (χ4v) is 2.80. The van der Waals surface area contributed by atoms with Gasteiger partial charge in [0, 0.05) is 0 Å². The Kier molecular flexibility index (Phi) is 5.60. The van der Waals surface area contributed by atoms with Crippen LogP contribution in [-0.2, 0) is 28.8 Å². The molecule has 0 aromatic carbocycles. The van der Waals surface area contributed by atoms with Crippen molar-refractivity contribution in [3.05, 3.63) is 0 Å². The molecule has 0 amide bonds. The summed E-state index contributed by atoms with van der Waals surface area (Å²) in [6, 6.07) is 0. The molecular formula is C18H30O6. The molecule has 1 aliphatic carbocycles. The molecule has 0 spiro atoms. The largest absolute Gasteiger partial charge is 0.465 e. The van der Waals surface area contributed by atoms with Crippen LogP contribution in [0, 0.1) is 22.7 Å². The molecule has 6 nitrogen and oxygen atoms in total. The van der Waals surface area contributed by atoms with Crippen molar-refractivity contribution in [2.24, 2.45) is 22.7 Å². The fourth-order valence-electron chi connectivity index (χ4n) is 2.80. The van der Waals surface area contributed by atoms with E-state index in [4.69, 9.17) is 19.2 Å². The molecule has 1 saturated carbocycles. The number of hydrogen-bond acceptors (Lipinski definition) is 6. The molecule has 24 heavy (non-hydrogen) atoms. The maximum absolute atomic E-state index is 12.6. The van der Waals surface area contributed by atoms with Crippen molar-refractivity contribution < 1.29 is 28.8 Å². The topological polar surface area (TPSA) is 71.1 Å². The fraction of sp³-hybridized carbons (Fsp3) is 0.889. The van der Waals surface area contributed by atoms with Gasteiger partial charge in [0.15, 0.2) is 0 Å². The van der Waals surface area contributed by atoms with Gasteiger partial charge in [-0.3, -0.25) is 9.59 Å². The molecule has 6 heteroatoms. The smallest absolute Gasteiger partial charge is 0.312 e. The zero-order valence-corrected chi connectivity index (χ0v) is 15.6. The third-order valence-electron chi connectivity index (χ3n) is 4.08. The third kappa shape index (κ3) is 4.93. The SMILES string of the molecule is CC(C)(C)COC(=O)C1CCC2OOC2C1C(=O)OCC(C)(C)C. The van der Waals surface area contributed by atoms with Crippen molar-refractivity contribution in [2.75, 3.05) is 13.2 Å². The van der Waals surface area contributed by atoms with Crippen molar-refractivity contribution >= 4 is 11.9 Å². The van der Waals surface area contributed by atoms with Crippen molar-refractivity contribution in [3.8, 4) is 0 Å². The van der Waals surface area contributed by atoms with Gasteiger partial charge in [-0.15, -0.1) is 0 Å². The third-order valence-corrected chi connectivity index (χ3v) is 4.08. The van der Waals surface area contributed by atoms with E-state index in [0.29, 0.717) is 26.1 Å². The quantitative estimate of drug-likeness (QED) is 0.578. The van der Waals surface area contributed by atoms with Crippen LogP contribution in [0.5, 0.6) is 0 Å². The van der Waals surface area contributed by atoms with Crippen LogP contribution >= 0.6 is 0 Å². The molecule has 1 heterocycles. The van der Waals surface area contributed by atoms with E-state index < -0.39 is 23.9 Å². The molecule has 138 valence electrons. The lowest BCUT2D eigenvalue weighted by atomic mass is 9.75. The number of esters is 2. The molecule has 2 fully saturated rings. The first kappa shape index (κ1) is 19.2. The van der Waals surface area contributed by atoms with E-state index in [2.05, 4.69) is 0 Å². The highest BCUT2D eigenvalue weighted by atomic mass is 17.2. The number of carbonyl (C=O) groups excluding carboxylic acids is 2. The molecule has 0 aromatic heterocycles. The van der Waals surface area contributed by atoms with E-state index in [1.165, 1.54) is 0 Å². The second kappa shape index (κ2) is 7.00. The van der Waals surface area contributed by atoms with Crippen LogP contribution in [0.2, 0.25) is 0 Å². The molecule has 4 unspecified atom stereocenters. The molecular weight excluding hydrogens is 312 g/mol. The summed E-state index contributed by atoms with van der Waals surface area (Å²) in [5.74, 6) is -1.95. The van der Waals surface area contributed by atoms with Crippen LogP contribution in [0.1, 0.15) is 54.4 Å². The molecule has 1 aliphatic heterocycles. The van der Waals surface area contributed by atoms with Gasteiger partial charge in [0.25, 0.3) is 0 Å². The zero-order chi connectivity index (χ0) is 18.1. The molecule has 0 N–H and O–H groups in total. The van der Waals surface area contributed by atoms with Gasteiger partial charge in [-0.25, -0.2) is 9.78 Å². The van der Waals surface area contributed by atoms with Gasteiger partial charge in [-0.05, 0) is 23.7 Å². The molecule has 2 aliphatic rings. The second-order valence-corrected chi connectivity index (χ2v) is 9.24. The van der Waals surface area contributed by atoms with Crippen LogP contribution in [0.15, 0.2) is 0 Å². The number of fused-ring (bicyclic) bond motifs is 1. The minimum Gasteiger partial charge on any atom is -0.465 e. The zero-order valence-electron chi connectivity index (χ0n) is 15.6. The normalized spacial score (nSPS) is 30.1. The van der Waals surface area contributed by atoms with Gasteiger partial charge in [-0.1, -0.05) is 41.5 Å². The van der Waals surface area contributed by atoms with E-state index >= 15 is 0 Å². The first-order valence-electron chi connectivity index (χ1n) is 8.63. The number of rotatable bonds is 4. The van der Waals surface area contributed by atoms with Crippen LogP contribution in [0.4, 0.5) is 0 Å². The Morgan fingerprint density at radius 1 is 0.875 bits per heavy atom. The summed E-state index contributed by atoms with van der Waals surface area (Å²) in [7, 11) is 0. The van der Waals surface area contributed by atoms with Gasteiger partial charge in [0.1, 0.15) is 18.1 Å². The Balaban J connectivity index is 2.04. The lowest BCUT2D eigenvalue weighted by Crippen LogP contribution is -2.57. The highest BCUT2D eigenvalue weighted by molar-refractivity contribution is 5.83. The van der Waals surface area contributed by atoms with E-state index in [-0.39, 0.29) is 22.9 Å². The summed E-state index contributed by atoms with van der Waals surface area (Å²) in [6.45, 7) is 12.6. The average Bonchev–Trinajstić information content (AvgIpc) is 2.41. The second-order valence-electron chi connectivity index (χ2n) is 9.24. The minimum absolute atomic E-state index is 0.120. The lowest BCUT2D eigenvalue weighted by Gasteiger charge is -2.45. The predicted molar refractivity (Wildman–Crippen MR) is 86.8 cm³/mol. The van der Waals surface area contributed by atoms with Gasteiger partial charge in [0.2, 0.25) is 0 Å². The van der Waals surface area contributed by atoms with Crippen molar-refractivity contribution in [1.29, 1.82) is 0 Å². The highest BCUT2D eigenvalue weighted by Crippen LogP contribution is 2.41. The number of ether oxygens (including phenoxy) is 2. The maximum Gasteiger partial charge on any atom is 0.312 e. The van der Waals surface area contributed by atoms with E-state index in [1.54, 1.807) is 0 Å². The van der Waals surface area contributed by atoms with E-state index in [9.17, 15) is 9.59 Å². The lowest BCUT2D eigenvalue weighted by molar-refractivity contribution is -0.480.